The van der Waals surface area contributed by atoms with E-state index >= 15 is 0 Å². The smallest absolute Gasteiger partial charge is 0.326 e. The van der Waals surface area contributed by atoms with E-state index in [0.717, 1.165) is 0 Å². The molecule has 1 unspecified atom stereocenters. The van der Waals surface area contributed by atoms with E-state index in [1.807, 2.05) is 0 Å². The summed E-state index contributed by atoms with van der Waals surface area (Å²) >= 11 is 0. The summed E-state index contributed by atoms with van der Waals surface area (Å²) in [6, 6.07) is 0.170. The number of amides is 2. The van der Waals surface area contributed by atoms with E-state index in [-0.39, 0.29) is 5.69 Å². The highest BCUT2D eigenvalue weighted by atomic mass is 16.4. The van der Waals surface area contributed by atoms with Gasteiger partial charge in [-0.1, -0.05) is 0 Å². The average Bonchev–Trinajstić information content (AvgIpc) is 2.56. The molecule has 18 heavy (non-hydrogen) atoms. The van der Waals surface area contributed by atoms with Gasteiger partial charge in [0.1, 0.15) is 11.7 Å². The van der Waals surface area contributed by atoms with Crippen LogP contribution in [0.15, 0.2) is 6.07 Å². The molecule has 1 aromatic rings. The van der Waals surface area contributed by atoms with Gasteiger partial charge in [0.25, 0.3) is 5.91 Å². The SMILES string of the molecule is Cc1cc(C(=O)NC(CC(N)=O)C(=O)O)n(C)n1. The van der Waals surface area contributed by atoms with Crippen LogP contribution in [0.2, 0.25) is 0 Å². The Morgan fingerprint density at radius 2 is 2.17 bits per heavy atom. The number of aliphatic carboxylic acids is 1. The van der Waals surface area contributed by atoms with E-state index in [4.69, 9.17) is 10.8 Å². The average molecular weight is 254 g/mol. The molecular formula is C10H14N4O4. The van der Waals surface area contributed by atoms with E-state index in [9.17, 15) is 14.4 Å². The van der Waals surface area contributed by atoms with Crippen molar-refractivity contribution in [2.24, 2.45) is 12.8 Å². The van der Waals surface area contributed by atoms with Crippen LogP contribution in [0.25, 0.3) is 0 Å². The second kappa shape index (κ2) is 5.30. The normalized spacial score (nSPS) is 11.9. The number of carboxylic acid groups (broad SMARTS) is 1. The lowest BCUT2D eigenvalue weighted by Crippen LogP contribution is -2.43. The minimum atomic E-state index is -1.34. The fourth-order valence-corrected chi connectivity index (χ4v) is 1.46. The Labute approximate surface area is 103 Å². The number of hydrogen-bond acceptors (Lipinski definition) is 4. The second-order valence-electron chi connectivity index (χ2n) is 3.83. The fraction of sp³-hybridized carbons (Fsp3) is 0.400. The molecule has 0 radical (unpaired) electrons. The minimum absolute atomic E-state index is 0.211. The number of carboxylic acids is 1. The van der Waals surface area contributed by atoms with Crippen LogP contribution in [0, 0.1) is 6.92 Å². The molecule has 8 nitrogen and oxygen atoms in total. The molecule has 0 aromatic carbocycles. The number of carbonyl (C=O) groups excluding carboxylic acids is 2. The summed E-state index contributed by atoms with van der Waals surface area (Å²) in [4.78, 5) is 33.3. The molecular weight excluding hydrogens is 240 g/mol. The first-order valence-corrected chi connectivity index (χ1v) is 5.14. The van der Waals surface area contributed by atoms with Crippen molar-refractivity contribution in [2.45, 2.75) is 19.4 Å². The standard InChI is InChI=1S/C10H14N4O4/c1-5-3-7(14(2)13-5)9(16)12-6(10(17)18)4-8(11)15/h3,6H,4H2,1-2H3,(H2,11,15)(H,12,16)(H,17,18). The maximum absolute atomic E-state index is 11.8. The fourth-order valence-electron chi connectivity index (χ4n) is 1.46. The zero-order chi connectivity index (χ0) is 13.9. The first kappa shape index (κ1) is 13.7. The first-order chi connectivity index (χ1) is 8.31. The number of rotatable bonds is 5. The number of aromatic nitrogens is 2. The van der Waals surface area contributed by atoms with Crippen LogP contribution in [0.1, 0.15) is 22.6 Å². The highest BCUT2D eigenvalue weighted by Gasteiger charge is 2.24. The zero-order valence-corrected chi connectivity index (χ0v) is 10.0. The van der Waals surface area contributed by atoms with Crippen LogP contribution in [0.3, 0.4) is 0 Å². The summed E-state index contributed by atoms with van der Waals surface area (Å²) in [6.45, 7) is 1.70. The maximum Gasteiger partial charge on any atom is 0.326 e. The van der Waals surface area contributed by atoms with Crippen LogP contribution in [-0.2, 0) is 16.6 Å². The van der Waals surface area contributed by atoms with Crippen molar-refractivity contribution in [1.29, 1.82) is 0 Å². The number of carbonyl (C=O) groups is 3. The number of nitrogens with two attached hydrogens (primary N) is 1. The van der Waals surface area contributed by atoms with Crippen molar-refractivity contribution in [2.75, 3.05) is 0 Å². The third kappa shape index (κ3) is 3.30. The molecule has 0 saturated carbocycles. The Hall–Kier alpha value is -2.38. The van der Waals surface area contributed by atoms with Crippen molar-refractivity contribution in [1.82, 2.24) is 15.1 Å². The van der Waals surface area contributed by atoms with E-state index in [2.05, 4.69) is 10.4 Å². The Balaban J connectivity index is 2.81. The molecule has 1 heterocycles. The molecule has 0 bridgehead atoms. The quantitative estimate of drug-likeness (QED) is 0.607. The molecule has 0 aliphatic rings. The van der Waals surface area contributed by atoms with Gasteiger partial charge in [-0.05, 0) is 13.0 Å². The lowest BCUT2D eigenvalue weighted by molar-refractivity contribution is -0.140. The van der Waals surface area contributed by atoms with E-state index < -0.39 is 30.2 Å². The molecule has 2 amide bonds. The van der Waals surface area contributed by atoms with Crippen LogP contribution in [-0.4, -0.2) is 38.7 Å². The molecule has 8 heteroatoms. The van der Waals surface area contributed by atoms with Gasteiger partial charge in [-0.15, -0.1) is 0 Å². The lowest BCUT2D eigenvalue weighted by Gasteiger charge is -2.12. The van der Waals surface area contributed by atoms with Crippen LogP contribution in [0.5, 0.6) is 0 Å². The lowest BCUT2D eigenvalue weighted by atomic mass is 10.2. The van der Waals surface area contributed by atoms with Crippen molar-refractivity contribution in [3.8, 4) is 0 Å². The van der Waals surface area contributed by atoms with Crippen molar-refractivity contribution >= 4 is 17.8 Å². The summed E-state index contributed by atoms with van der Waals surface area (Å²) in [5, 5.41) is 15.0. The van der Waals surface area contributed by atoms with E-state index in [0.29, 0.717) is 5.69 Å². The highest BCUT2D eigenvalue weighted by molar-refractivity contribution is 5.96. The molecule has 0 spiro atoms. The molecule has 1 rings (SSSR count). The second-order valence-corrected chi connectivity index (χ2v) is 3.83. The molecule has 1 atom stereocenters. The zero-order valence-electron chi connectivity index (χ0n) is 10.0. The van der Waals surface area contributed by atoms with E-state index in [1.165, 1.54) is 10.7 Å². The third-order valence-corrected chi connectivity index (χ3v) is 2.24. The van der Waals surface area contributed by atoms with Gasteiger partial charge >= 0.3 is 5.97 Å². The number of nitrogens with one attached hydrogen (secondary N) is 1. The van der Waals surface area contributed by atoms with Gasteiger partial charge in [0.15, 0.2) is 0 Å². The number of aryl methyl sites for hydroxylation is 2. The monoisotopic (exact) mass is 254 g/mol. The van der Waals surface area contributed by atoms with Gasteiger partial charge in [-0.3, -0.25) is 14.3 Å². The Kier molecular flexibility index (Phi) is 4.03. The highest BCUT2D eigenvalue weighted by Crippen LogP contribution is 2.03. The van der Waals surface area contributed by atoms with Crippen molar-refractivity contribution < 1.29 is 19.5 Å². The third-order valence-electron chi connectivity index (χ3n) is 2.24. The Bertz CT molecular complexity index is 494. The number of hydrogen-bond donors (Lipinski definition) is 3. The molecule has 98 valence electrons. The Morgan fingerprint density at radius 3 is 2.56 bits per heavy atom. The van der Waals surface area contributed by atoms with Crippen LogP contribution in [0.4, 0.5) is 0 Å². The van der Waals surface area contributed by atoms with E-state index in [1.54, 1.807) is 14.0 Å². The van der Waals surface area contributed by atoms with Gasteiger partial charge < -0.3 is 16.2 Å². The summed E-state index contributed by atoms with van der Waals surface area (Å²) in [7, 11) is 1.56. The van der Waals surface area contributed by atoms with Gasteiger partial charge in [0.05, 0.1) is 12.1 Å². The Morgan fingerprint density at radius 1 is 1.56 bits per heavy atom. The predicted molar refractivity (Wildman–Crippen MR) is 60.6 cm³/mol. The first-order valence-electron chi connectivity index (χ1n) is 5.14. The minimum Gasteiger partial charge on any atom is -0.480 e. The van der Waals surface area contributed by atoms with Crippen molar-refractivity contribution in [3.63, 3.8) is 0 Å². The summed E-state index contributed by atoms with van der Waals surface area (Å²) in [5.41, 5.74) is 5.75. The van der Waals surface area contributed by atoms with Gasteiger partial charge in [-0.25, -0.2) is 4.79 Å². The molecule has 1 aromatic heterocycles. The molecule has 0 aliphatic heterocycles. The maximum atomic E-state index is 11.8. The van der Waals surface area contributed by atoms with Crippen molar-refractivity contribution in [3.05, 3.63) is 17.5 Å². The van der Waals surface area contributed by atoms with Gasteiger partial charge in [0, 0.05) is 7.05 Å². The van der Waals surface area contributed by atoms with Gasteiger partial charge in [-0.2, -0.15) is 5.10 Å². The molecule has 0 saturated heterocycles. The molecule has 4 N–H and O–H groups in total. The predicted octanol–water partition coefficient (Wildman–Crippen LogP) is -1.21. The number of primary amides is 1. The van der Waals surface area contributed by atoms with Gasteiger partial charge in [0.2, 0.25) is 5.91 Å². The summed E-state index contributed by atoms with van der Waals surface area (Å²) in [5.74, 6) is -2.74. The summed E-state index contributed by atoms with van der Waals surface area (Å²) in [6.07, 6.45) is -0.460. The van der Waals surface area contributed by atoms with Crippen LogP contribution >= 0.6 is 0 Å². The summed E-state index contributed by atoms with van der Waals surface area (Å²) < 4.78 is 1.33. The largest absolute Gasteiger partial charge is 0.480 e. The topological polar surface area (TPSA) is 127 Å². The molecule has 0 aliphatic carbocycles. The number of nitrogens with zero attached hydrogens (tertiary/aromatic N) is 2. The molecule has 0 fully saturated rings. The van der Waals surface area contributed by atoms with Crippen LogP contribution < -0.4 is 11.1 Å².